The highest BCUT2D eigenvalue weighted by atomic mass is 32.2. The molecule has 0 saturated heterocycles. The second-order valence-corrected chi connectivity index (χ2v) is 6.25. The number of rotatable bonds is 6. The van der Waals surface area contributed by atoms with Gasteiger partial charge in [-0.1, -0.05) is 54.2 Å². The van der Waals surface area contributed by atoms with Gasteiger partial charge in [0, 0.05) is 12.1 Å². The first-order valence-corrected chi connectivity index (χ1v) is 8.47. The Labute approximate surface area is 140 Å². The Morgan fingerprint density at radius 3 is 2.74 bits per heavy atom. The quantitative estimate of drug-likeness (QED) is 0.380. The topological polar surface area (TPSA) is 34.9 Å². The number of aryl methyl sites for hydroxylation is 1. The van der Waals surface area contributed by atoms with E-state index in [0.29, 0.717) is 12.3 Å². The van der Waals surface area contributed by atoms with Crippen molar-refractivity contribution in [3.05, 3.63) is 72.3 Å². The molecule has 0 unspecified atom stereocenters. The molecule has 0 amide bonds. The van der Waals surface area contributed by atoms with Crippen LogP contribution >= 0.6 is 11.8 Å². The number of para-hydroxylation sites is 2. The molecule has 116 valence electrons. The van der Waals surface area contributed by atoms with E-state index < -0.39 is 0 Å². The molecule has 23 heavy (non-hydrogen) atoms. The summed E-state index contributed by atoms with van der Waals surface area (Å²) in [7, 11) is 0. The second kappa shape index (κ2) is 6.84. The van der Waals surface area contributed by atoms with Crippen molar-refractivity contribution in [1.82, 2.24) is 9.55 Å². The first-order valence-electron chi connectivity index (χ1n) is 7.48. The number of hydrogen-bond acceptors (Lipinski definition) is 3. The normalized spacial score (nSPS) is 10.8. The van der Waals surface area contributed by atoms with Gasteiger partial charge in [0.1, 0.15) is 0 Å². The van der Waals surface area contributed by atoms with E-state index in [1.807, 2.05) is 61.5 Å². The van der Waals surface area contributed by atoms with Crippen LogP contribution in [0.1, 0.15) is 15.9 Å². The average Bonchev–Trinajstić information content (AvgIpc) is 2.91. The lowest BCUT2D eigenvalue weighted by Gasteiger charge is -2.07. The van der Waals surface area contributed by atoms with Crippen LogP contribution in [0.3, 0.4) is 0 Å². The Balaban J connectivity index is 1.84. The monoisotopic (exact) mass is 322 g/mol. The van der Waals surface area contributed by atoms with Crippen LogP contribution in [-0.2, 0) is 6.54 Å². The van der Waals surface area contributed by atoms with E-state index in [-0.39, 0.29) is 5.78 Å². The third-order valence-corrected chi connectivity index (χ3v) is 4.69. The lowest BCUT2D eigenvalue weighted by atomic mass is 10.1. The molecule has 1 aromatic heterocycles. The standard InChI is InChI=1S/C19H18N2OS/c1-3-12-21-17-11-7-6-10-16(17)20-19(21)23-13-18(22)15-9-5-4-8-14(15)2/h3-11H,1,12-13H2,2H3. The third-order valence-electron chi connectivity index (χ3n) is 3.71. The number of carbonyl (C=O) groups is 1. The first kappa shape index (κ1) is 15.6. The van der Waals surface area contributed by atoms with Crippen LogP contribution in [0.2, 0.25) is 0 Å². The Hall–Kier alpha value is -2.33. The Bertz CT molecular complexity index is 867. The fourth-order valence-corrected chi connectivity index (χ4v) is 3.47. The van der Waals surface area contributed by atoms with Crippen LogP contribution in [0.25, 0.3) is 11.0 Å². The van der Waals surface area contributed by atoms with Crippen molar-refractivity contribution in [2.24, 2.45) is 0 Å². The Morgan fingerprint density at radius 1 is 1.22 bits per heavy atom. The van der Waals surface area contributed by atoms with Gasteiger partial charge in [-0.2, -0.15) is 0 Å². The van der Waals surface area contributed by atoms with Crippen LogP contribution in [0.5, 0.6) is 0 Å². The largest absolute Gasteiger partial charge is 0.315 e. The van der Waals surface area contributed by atoms with Gasteiger partial charge in [-0.15, -0.1) is 6.58 Å². The van der Waals surface area contributed by atoms with Crippen molar-refractivity contribution >= 4 is 28.6 Å². The molecule has 0 aliphatic rings. The van der Waals surface area contributed by atoms with E-state index in [0.717, 1.165) is 27.3 Å². The number of allylic oxidation sites excluding steroid dienone is 1. The number of thioether (sulfide) groups is 1. The smallest absolute Gasteiger partial charge is 0.173 e. The molecule has 0 aliphatic carbocycles. The molecule has 2 aromatic carbocycles. The zero-order valence-corrected chi connectivity index (χ0v) is 13.8. The summed E-state index contributed by atoms with van der Waals surface area (Å²) in [5, 5.41) is 0.855. The molecule has 0 atom stereocenters. The Morgan fingerprint density at radius 2 is 1.96 bits per heavy atom. The molecule has 3 nitrogen and oxygen atoms in total. The molecular formula is C19H18N2OS. The Kier molecular flexibility index (Phi) is 4.63. The van der Waals surface area contributed by atoms with Gasteiger partial charge in [-0.3, -0.25) is 4.79 Å². The SMILES string of the molecule is C=CCn1c(SCC(=O)c2ccccc2C)nc2ccccc21. The summed E-state index contributed by atoms with van der Waals surface area (Å²) in [6.45, 7) is 6.46. The molecule has 0 spiro atoms. The maximum atomic E-state index is 12.4. The highest BCUT2D eigenvalue weighted by Gasteiger charge is 2.14. The summed E-state index contributed by atoms with van der Waals surface area (Å²) < 4.78 is 2.10. The van der Waals surface area contributed by atoms with Crippen LogP contribution in [0.4, 0.5) is 0 Å². The van der Waals surface area contributed by atoms with E-state index in [2.05, 4.69) is 16.1 Å². The number of Topliss-reactive ketones (excluding diaryl/α,β-unsaturated/α-hetero) is 1. The van der Waals surface area contributed by atoms with Gasteiger partial charge < -0.3 is 4.57 Å². The van der Waals surface area contributed by atoms with E-state index in [4.69, 9.17) is 0 Å². The first-order chi connectivity index (χ1) is 11.2. The summed E-state index contributed by atoms with van der Waals surface area (Å²) in [6.07, 6.45) is 1.85. The van der Waals surface area contributed by atoms with Gasteiger partial charge in [0.25, 0.3) is 0 Å². The molecule has 0 fully saturated rings. The van der Waals surface area contributed by atoms with Gasteiger partial charge in [0.2, 0.25) is 0 Å². The van der Waals surface area contributed by atoms with Crippen LogP contribution < -0.4 is 0 Å². The van der Waals surface area contributed by atoms with Crippen molar-refractivity contribution < 1.29 is 4.79 Å². The highest BCUT2D eigenvalue weighted by molar-refractivity contribution is 7.99. The maximum absolute atomic E-state index is 12.4. The van der Waals surface area contributed by atoms with E-state index in [1.54, 1.807) is 0 Å². The van der Waals surface area contributed by atoms with Crippen molar-refractivity contribution in [2.45, 2.75) is 18.6 Å². The van der Waals surface area contributed by atoms with Gasteiger partial charge >= 0.3 is 0 Å². The maximum Gasteiger partial charge on any atom is 0.173 e. The van der Waals surface area contributed by atoms with E-state index in [1.165, 1.54) is 11.8 Å². The fraction of sp³-hybridized carbons (Fsp3) is 0.158. The molecule has 0 bridgehead atoms. The summed E-state index contributed by atoms with van der Waals surface area (Å²) >= 11 is 1.48. The van der Waals surface area contributed by atoms with E-state index >= 15 is 0 Å². The summed E-state index contributed by atoms with van der Waals surface area (Å²) in [4.78, 5) is 17.1. The highest BCUT2D eigenvalue weighted by Crippen LogP contribution is 2.25. The van der Waals surface area contributed by atoms with E-state index in [9.17, 15) is 4.79 Å². The lowest BCUT2D eigenvalue weighted by Crippen LogP contribution is -2.06. The number of fused-ring (bicyclic) bond motifs is 1. The summed E-state index contributed by atoms with van der Waals surface area (Å²) in [6, 6.07) is 15.7. The molecule has 3 rings (SSSR count). The van der Waals surface area contributed by atoms with Gasteiger partial charge in [-0.25, -0.2) is 4.98 Å². The van der Waals surface area contributed by atoms with Gasteiger partial charge in [-0.05, 0) is 24.6 Å². The number of ketones is 1. The molecule has 0 saturated carbocycles. The zero-order valence-electron chi connectivity index (χ0n) is 13.0. The predicted octanol–water partition coefficient (Wildman–Crippen LogP) is 4.51. The van der Waals surface area contributed by atoms with Crippen LogP contribution in [-0.4, -0.2) is 21.1 Å². The fourth-order valence-electron chi connectivity index (χ4n) is 2.56. The van der Waals surface area contributed by atoms with Gasteiger partial charge in [0.05, 0.1) is 16.8 Å². The average molecular weight is 322 g/mol. The molecule has 0 radical (unpaired) electrons. The van der Waals surface area contributed by atoms with Crippen molar-refractivity contribution in [3.63, 3.8) is 0 Å². The molecule has 0 aliphatic heterocycles. The summed E-state index contributed by atoms with van der Waals surface area (Å²) in [5.41, 5.74) is 3.81. The predicted molar refractivity (Wildman–Crippen MR) is 96.2 cm³/mol. The number of benzene rings is 2. The lowest BCUT2D eigenvalue weighted by molar-refractivity contribution is 0.102. The van der Waals surface area contributed by atoms with Crippen LogP contribution in [0.15, 0.2) is 66.3 Å². The zero-order chi connectivity index (χ0) is 16.2. The molecule has 3 aromatic rings. The molecule has 0 N–H and O–H groups in total. The summed E-state index contributed by atoms with van der Waals surface area (Å²) in [5.74, 6) is 0.510. The number of imidazole rings is 1. The minimum Gasteiger partial charge on any atom is -0.315 e. The van der Waals surface area contributed by atoms with Gasteiger partial charge in [0.15, 0.2) is 10.9 Å². The van der Waals surface area contributed by atoms with Crippen LogP contribution in [0, 0.1) is 6.92 Å². The molecule has 1 heterocycles. The molecular weight excluding hydrogens is 304 g/mol. The van der Waals surface area contributed by atoms with Crippen molar-refractivity contribution in [2.75, 3.05) is 5.75 Å². The molecule has 4 heteroatoms. The number of aromatic nitrogens is 2. The second-order valence-electron chi connectivity index (χ2n) is 5.31. The van der Waals surface area contributed by atoms with Crippen molar-refractivity contribution in [1.29, 1.82) is 0 Å². The number of hydrogen-bond donors (Lipinski definition) is 0. The minimum absolute atomic E-state index is 0.130. The third kappa shape index (κ3) is 3.22. The minimum atomic E-state index is 0.130. The number of nitrogens with zero attached hydrogens (tertiary/aromatic N) is 2. The number of carbonyl (C=O) groups excluding carboxylic acids is 1. The van der Waals surface area contributed by atoms with Crippen molar-refractivity contribution in [3.8, 4) is 0 Å².